The van der Waals surface area contributed by atoms with Crippen LogP contribution in [-0.4, -0.2) is 15.7 Å². The number of alkyl halides is 1. The molecular formula is C11H17ClN2. The SMILES string of the molecule is CC(C)n1ccc(CC=CCCCl)n1. The van der Waals surface area contributed by atoms with Gasteiger partial charge >= 0.3 is 0 Å². The third-order valence-electron chi connectivity index (χ3n) is 1.96. The van der Waals surface area contributed by atoms with Crippen LogP contribution in [0.25, 0.3) is 0 Å². The van der Waals surface area contributed by atoms with Crippen molar-refractivity contribution in [3.8, 4) is 0 Å². The fourth-order valence-corrected chi connectivity index (χ4v) is 1.28. The van der Waals surface area contributed by atoms with E-state index in [1.54, 1.807) is 0 Å². The van der Waals surface area contributed by atoms with E-state index >= 15 is 0 Å². The average molecular weight is 213 g/mol. The Labute approximate surface area is 90.6 Å². The topological polar surface area (TPSA) is 17.8 Å². The second-order valence-electron chi connectivity index (χ2n) is 3.53. The molecule has 78 valence electrons. The van der Waals surface area contributed by atoms with Gasteiger partial charge in [0.15, 0.2) is 0 Å². The minimum Gasteiger partial charge on any atom is -0.270 e. The maximum atomic E-state index is 5.56. The second-order valence-corrected chi connectivity index (χ2v) is 3.91. The van der Waals surface area contributed by atoms with E-state index in [0.717, 1.165) is 18.5 Å². The van der Waals surface area contributed by atoms with Crippen LogP contribution < -0.4 is 0 Å². The van der Waals surface area contributed by atoms with Crippen molar-refractivity contribution in [3.05, 3.63) is 30.1 Å². The van der Waals surface area contributed by atoms with Crippen LogP contribution in [0, 0.1) is 0 Å². The number of allylic oxidation sites excluding steroid dienone is 2. The molecule has 0 N–H and O–H groups in total. The van der Waals surface area contributed by atoms with Crippen molar-refractivity contribution in [1.82, 2.24) is 9.78 Å². The van der Waals surface area contributed by atoms with Gasteiger partial charge in [0.05, 0.1) is 5.69 Å². The normalized spacial score (nSPS) is 11.7. The van der Waals surface area contributed by atoms with Crippen LogP contribution in [0.5, 0.6) is 0 Å². The lowest BCUT2D eigenvalue weighted by Gasteiger charge is -2.02. The number of aromatic nitrogens is 2. The third-order valence-corrected chi connectivity index (χ3v) is 2.18. The van der Waals surface area contributed by atoms with E-state index in [1.165, 1.54) is 0 Å². The zero-order valence-electron chi connectivity index (χ0n) is 8.78. The number of rotatable bonds is 5. The van der Waals surface area contributed by atoms with Crippen molar-refractivity contribution in [3.63, 3.8) is 0 Å². The predicted octanol–water partition coefficient (Wildman–Crippen LogP) is 3.19. The Morgan fingerprint density at radius 2 is 2.29 bits per heavy atom. The predicted molar refractivity (Wildman–Crippen MR) is 60.8 cm³/mol. The first kappa shape index (κ1) is 11.3. The summed E-state index contributed by atoms with van der Waals surface area (Å²) in [5.74, 6) is 0.691. The van der Waals surface area contributed by atoms with Crippen LogP contribution >= 0.6 is 11.6 Å². The Morgan fingerprint density at radius 3 is 2.86 bits per heavy atom. The molecule has 0 amide bonds. The number of nitrogens with zero attached hydrogens (tertiary/aromatic N) is 2. The van der Waals surface area contributed by atoms with Gasteiger partial charge in [-0.15, -0.1) is 11.6 Å². The van der Waals surface area contributed by atoms with E-state index in [1.807, 2.05) is 10.9 Å². The molecule has 3 heteroatoms. The molecule has 0 aliphatic carbocycles. The third kappa shape index (κ3) is 3.54. The van der Waals surface area contributed by atoms with Gasteiger partial charge in [-0.3, -0.25) is 4.68 Å². The van der Waals surface area contributed by atoms with Crippen molar-refractivity contribution in [1.29, 1.82) is 0 Å². The van der Waals surface area contributed by atoms with Gasteiger partial charge in [-0.2, -0.15) is 5.10 Å². The van der Waals surface area contributed by atoms with E-state index in [4.69, 9.17) is 11.6 Å². The molecule has 0 saturated carbocycles. The largest absolute Gasteiger partial charge is 0.270 e. The molecule has 0 spiro atoms. The highest BCUT2D eigenvalue weighted by atomic mass is 35.5. The quantitative estimate of drug-likeness (QED) is 0.542. The minimum absolute atomic E-state index is 0.440. The molecule has 0 fully saturated rings. The molecular weight excluding hydrogens is 196 g/mol. The molecule has 0 aliphatic heterocycles. The van der Waals surface area contributed by atoms with Crippen molar-refractivity contribution < 1.29 is 0 Å². The number of halogens is 1. The van der Waals surface area contributed by atoms with Gasteiger partial charge in [-0.25, -0.2) is 0 Å². The van der Waals surface area contributed by atoms with E-state index in [-0.39, 0.29) is 0 Å². The molecule has 1 aromatic heterocycles. The Kier molecular flexibility index (Phi) is 4.74. The molecule has 1 aromatic rings. The van der Waals surface area contributed by atoms with Crippen LogP contribution in [0.2, 0.25) is 0 Å². The van der Waals surface area contributed by atoms with E-state index < -0.39 is 0 Å². The van der Waals surface area contributed by atoms with Gasteiger partial charge in [0.1, 0.15) is 0 Å². The van der Waals surface area contributed by atoms with Gasteiger partial charge < -0.3 is 0 Å². The lowest BCUT2D eigenvalue weighted by Crippen LogP contribution is -2.01. The van der Waals surface area contributed by atoms with Crippen LogP contribution in [0.4, 0.5) is 0 Å². The summed E-state index contributed by atoms with van der Waals surface area (Å²) in [5.41, 5.74) is 1.12. The van der Waals surface area contributed by atoms with Crippen LogP contribution in [-0.2, 0) is 6.42 Å². The lowest BCUT2D eigenvalue weighted by atomic mass is 10.3. The van der Waals surface area contributed by atoms with Gasteiger partial charge in [0, 0.05) is 24.5 Å². The Balaban J connectivity index is 2.43. The van der Waals surface area contributed by atoms with Gasteiger partial charge in [0.25, 0.3) is 0 Å². The summed E-state index contributed by atoms with van der Waals surface area (Å²) in [7, 11) is 0. The van der Waals surface area contributed by atoms with Crippen LogP contribution in [0.3, 0.4) is 0 Å². The monoisotopic (exact) mass is 212 g/mol. The van der Waals surface area contributed by atoms with Crippen LogP contribution in [0.1, 0.15) is 32.0 Å². The van der Waals surface area contributed by atoms with Crippen molar-refractivity contribution >= 4 is 11.6 Å². The molecule has 0 aliphatic rings. The molecule has 0 aromatic carbocycles. The van der Waals surface area contributed by atoms with E-state index in [2.05, 4.69) is 37.2 Å². The van der Waals surface area contributed by atoms with Gasteiger partial charge in [-0.1, -0.05) is 12.2 Å². The highest BCUT2D eigenvalue weighted by molar-refractivity contribution is 6.17. The number of hydrogen-bond acceptors (Lipinski definition) is 1. The molecule has 2 nitrogen and oxygen atoms in total. The maximum Gasteiger partial charge on any atom is 0.0662 e. The summed E-state index contributed by atoms with van der Waals surface area (Å²) >= 11 is 5.56. The summed E-state index contributed by atoms with van der Waals surface area (Å²) in [6, 6.07) is 2.50. The summed E-state index contributed by atoms with van der Waals surface area (Å²) < 4.78 is 1.98. The maximum absolute atomic E-state index is 5.56. The van der Waals surface area contributed by atoms with Gasteiger partial charge in [-0.05, 0) is 26.3 Å². The highest BCUT2D eigenvalue weighted by Gasteiger charge is 1.99. The fraction of sp³-hybridized carbons (Fsp3) is 0.545. The first-order valence-corrected chi connectivity index (χ1v) is 5.52. The second kappa shape index (κ2) is 5.86. The summed E-state index contributed by atoms with van der Waals surface area (Å²) in [6.07, 6.45) is 8.08. The van der Waals surface area contributed by atoms with E-state index in [0.29, 0.717) is 11.9 Å². The average Bonchev–Trinajstić information content (AvgIpc) is 2.61. The smallest absolute Gasteiger partial charge is 0.0662 e. The van der Waals surface area contributed by atoms with Crippen molar-refractivity contribution in [2.24, 2.45) is 0 Å². The Hall–Kier alpha value is -0.760. The molecule has 0 radical (unpaired) electrons. The van der Waals surface area contributed by atoms with Crippen molar-refractivity contribution in [2.45, 2.75) is 32.7 Å². The van der Waals surface area contributed by atoms with Gasteiger partial charge in [0.2, 0.25) is 0 Å². The molecule has 0 atom stereocenters. The zero-order chi connectivity index (χ0) is 10.4. The molecule has 0 saturated heterocycles. The summed E-state index contributed by atoms with van der Waals surface area (Å²) in [5, 5.41) is 4.44. The van der Waals surface area contributed by atoms with E-state index in [9.17, 15) is 0 Å². The molecule has 0 unspecified atom stereocenters. The Bertz CT molecular complexity index is 289. The lowest BCUT2D eigenvalue weighted by molar-refractivity contribution is 0.528. The van der Waals surface area contributed by atoms with Crippen molar-refractivity contribution in [2.75, 3.05) is 5.88 Å². The first-order valence-electron chi connectivity index (χ1n) is 4.99. The standard InChI is InChI=1S/C11H17ClN2/c1-10(2)14-9-7-11(13-14)6-4-3-5-8-12/h3-4,7,9-10H,5-6,8H2,1-2H3. The minimum atomic E-state index is 0.440. The zero-order valence-corrected chi connectivity index (χ0v) is 9.54. The highest BCUT2D eigenvalue weighted by Crippen LogP contribution is 2.05. The summed E-state index contributed by atoms with van der Waals surface area (Å²) in [6.45, 7) is 4.25. The van der Waals surface area contributed by atoms with Crippen LogP contribution in [0.15, 0.2) is 24.4 Å². The molecule has 14 heavy (non-hydrogen) atoms. The Morgan fingerprint density at radius 1 is 1.50 bits per heavy atom. The fourth-order valence-electron chi connectivity index (χ4n) is 1.16. The summed E-state index contributed by atoms with van der Waals surface area (Å²) in [4.78, 5) is 0. The molecule has 1 rings (SSSR count). The first-order chi connectivity index (χ1) is 6.74. The molecule has 1 heterocycles. The number of hydrogen-bond donors (Lipinski definition) is 0. The molecule has 0 bridgehead atoms.